The number of methoxy groups -OCH3 is 1. The molecule has 1 aromatic heterocycles. The van der Waals surface area contributed by atoms with Gasteiger partial charge in [-0.3, -0.25) is 4.90 Å². The maximum absolute atomic E-state index is 11.5. The second-order valence-electron chi connectivity index (χ2n) is 5.53. The summed E-state index contributed by atoms with van der Waals surface area (Å²) in [6.45, 7) is 7.32. The zero-order valence-electron chi connectivity index (χ0n) is 13.0. The Balaban J connectivity index is 1.84. The lowest BCUT2D eigenvalue weighted by Gasteiger charge is -2.31. The van der Waals surface area contributed by atoms with Crippen LogP contribution in [0.2, 0.25) is 0 Å². The summed E-state index contributed by atoms with van der Waals surface area (Å²) >= 11 is 0. The van der Waals surface area contributed by atoms with E-state index < -0.39 is 0 Å². The first-order valence-corrected chi connectivity index (χ1v) is 7.70. The highest BCUT2D eigenvalue weighted by Crippen LogP contribution is 2.18. The lowest BCUT2D eigenvalue weighted by molar-refractivity contribution is 0.0593. The van der Waals surface area contributed by atoms with E-state index in [0.29, 0.717) is 5.69 Å². The molecule has 1 fully saturated rings. The molecule has 0 amide bonds. The fraction of sp³-hybridized carbons (Fsp3) is 0.625. The Bertz CT molecular complexity index is 457. The van der Waals surface area contributed by atoms with Crippen LogP contribution in [0.4, 0.5) is 0 Å². The number of aromatic nitrogens is 1. The van der Waals surface area contributed by atoms with E-state index in [0.717, 1.165) is 44.3 Å². The molecule has 1 N–H and O–H groups in total. The molecule has 21 heavy (non-hydrogen) atoms. The van der Waals surface area contributed by atoms with Gasteiger partial charge in [-0.1, -0.05) is 13.0 Å². The minimum Gasteiger partial charge on any atom is -0.464 e. The van der Waals surface area contributed by atoms with Gasteiger partial charge in [0.05, 0.1) is 12.8 Å². The number of pyridine rings is 1. The topological polar surface area (TPSA) is 54.5 Å². The highest BCUT2D eigenvalue weighted by molar-refractivity contribution is 5.87. The molecule has 2 rings (SSSR count). The third-order valence-electron chi connectivity index (χ3n) is 3.98. The molecule has 0 saturated carbocycles. The molecular weight excluding hydrogens is 266 g/mol. The summed E-state index contributed by atoms with van der Waals surface area (Å²) in [5.41, 5.74) is 1.32. The zero-order valence-corrected chi connectivity index (χ0v) is 13.0. The van der Waals surface area contributed by atoms with Crippen LogP contribution in [0.1, 0.15) is 35.9 Å². The monoisotopic (exact) mass is 291 g/mol. The SMILES string of the molecule is CCNCC1CCN(Cc2cccc(C(=O)OC)n2)CC1. The Labute approximate surface area is 126 Å². The Morgan fingerprint density at radius 1 is 1.43 bits per heavy atom. The smallest absolute Gasteiger partial charge is 0.356 e. The quantitative estimate of drug-likeness (QED) is 0.808. The third-order valence-corrected chi connectivity index (χ3v) is 3.98. The number of piperidine rings is 1. The number of likely N-dealkylation sites (tertiary alicyclic amines) is 1. The van der Waals surface area contributed by atoms with Gasteiger partial charge in [-0.05, 0) is 57.1 Å². The molecule has 0 aromatic carbocycles. The van der Waals surface area contributed by atoms with E-state index in [-0.39, 0.29) is 5.97 Å². The van der Waals surface area contributed by atoms with Gasteiger partial charge in [0.25, 0.3) is 0 Å². The van der Waals surface area contributed by atoms with Gasteiger partial charge in [-0.2, -0.15) is 0 Å². The van der Waals surface area contributed by atoms with Crippen LogP contribution in [-0.2, 0) is 11.3 Å². The van der Waals surface area contributed by atoms with Crippen molar-refractivity contribution in [3.8, 4) is 0 Å². The third kappa shape index (κ3) is 4.79. The lowest BCUT2D eigenvalue weighted by Crippen LogP contribution is -2.37. The van der Waals surface area contributed by atoms with Gasteiger partial charge in [0.1, 0.15) is 5.69 Å². The zero-order chi connectivity index (χ0) is 15.1. The predicted octanol–water partition coefficient (Wildman–Crippen LogP) is 1.69. The first kappa shape index (κ1) is 15.9. The van der Waals surface area contributed by atoms with Gasteiger partial charge in [-0.15, -0.1) is 0 Å². The lowest BCUT2D eigenvalue weighted by atomic mass is 9.96. The molecule has 116 valence electrons. The van der Waals surface area contributed by atoms with Crippen LogP contribution in [0.15, 0.2) is 18.2 Å². The second-order valence-corrected chi connectivity index (χ2v) is 5.53. The molecule has 0 atom stereocenters. The summed E-state index contributed by atoms with van der Waals surface area (Å²) in [4.78, 5) is 18.3. The Morgan fingerprint density at radius 2 is 2.19 bits per heavy atom. The number of esters is 1. The van der Waals surface area contributed by atoms with Gasteiger partial charge < -0.3 is 10.1 Å². The molecule has 0 spiro atoms. The van der Waals surface area contributed by atoms with Crippen LogP contribution in [0.3, 0.4) is 0 Å². The van der Waals surface area contributed by atoms with Gasteiger partial charge in [0, 0.05) is 6.54 Å². The normalized spacial score (nSPS) is 16.9. The van der Waals surface area contributed by atoms with Gasteiger partial charge >= 0.3 is 5.97 Å². The van der Waals surface area contributed by atoms with Crippen LogP contribution in [0.5, 0.6) is 0 Å². The average Bonchev–Trinajstić information content (AvgIpc) is 2.53. The summed E-state index contributed by atoms with van der Waals surface area (Å²) in [6.07, 6.45) is 2.45. The van der Waals surface area contributed by atoms with E-state index in [1.165, 1.54) is 20.0 Å². The van der Waals surface area contributed by atoms with Crippen molar-refractivity contribution in [3.63, 3.8) is 0 Å². The van der Waals surface area contributed by atoms with E-state index in [9.17, 15) is 4.79 Å². The molecule has 0 aliphatic carbocycles. The van der Waals surface area contributed by atoms with E-state index in [4.69, 9.17) is 4.74 Å². The Morgan fingerprint density at radius 3 is 2.86 bits per heavy atom. The molecule has 1 saturated heterocycles. The minimum atomic E-state index is -0.374. The minimum absolute atomic E-state index is 0.374. The largest absolute Gasteiger partial charge is 0.464 e. The summed E-state index contributed by atoms with van der Waals surface area (Å²) < 4.78 is 4.71. The maximum atomic E-state index is 11.5. The van der Waals surface area contributed by atoms with Crippen molar-refractivity contribution in [2.75, 3.05) is 33.3 Å². The highest BCUT2D eigenvalue weighted by atomic mass is 16.5. The Kier molecular flexibility index (Phi) is 6.14. The highest BCUT2D eigenvalue weighted by Gasteiger charge is 2.19. The number of rotatable bonds is 6. The first-order valence-electron chi connectivity index (χ1n) is 7.70. The van der Waals surface area contributed by atoms with E-state index in [1.807, 2.05) is 12.1 Å². The van der Waals surface area contributed by atoms with Crippen LogP contribution in [0, 0.1) is 5.92 Å². The molecule has 0 bridgehead atoms. The molecule has 1 aromatic rings. The Hall–Kier alpha value is -1.46. The van der Waals surface area contributed by atoms with Crippen molar-refractivity contribution < 1.29 is 9.53 Å². The molecule has 0 radical (unpaired) electrons. The number of carbonyl (C=O) groups is 1. The standard InChI is InChI=1S/C16H25N3O2/c1-3-17-11-13-7-9-19(10-8-13)12-14-5-4-6-15(18-14)16(20)21-2/h4-6,13,17H,3,7-12H2,1-2H3. The van der Waals surface area contributed by atoms with Crippen molar-refractivity contribution in [1.29, 1.82) is 0 Å². The summed E-state index contributed by atoms with van der Waals surface area (Å²) in [7, 11) is 1.38. The van der Waals surface area contributed by atoms with Crippen LogP contribution in [-0.4, -0.2) is 49.1 Å². The number of hydrogen-bond acceptors (Lipinski definition) is 5. The second kappa shape index (κ2) is 8.10. The molecule has 1 aliphatic heterocycles. The number of carbonyl (C=O) groups excluding carboxylic acids is 1. The van der Waals surface area contributed by atoms with Crippen molar-refractivity contribution in [2.45, 2.75) is 26.3 Å². The van der Waals surface area contributed by atoms with Crippen molar-refractivity contribution in [2.24, 2.45) is 5.92 Å². The van der Waals surface area contributed by atoms with Gasteiger partial charge in [0.15, 0.2) is 0 Å². The first-order chi connectivity index (χ1) is 10.2. The average molecular weight is 291 g/mol. The summed E-state index contributed by atoms with van der Waals surface area (Å²) in [5.74, 6) is 0.414. The summed E-state index contributed by atoms with van der Waals surface area (Å²) in [5, 5.41) is 3.43. The number of hydrogen-bond donors (Lipinski definition) is 1. The maximum Gasteiger partial charge on any atom is 0.356 e. The van der Waals surface area contributed by atoms with Gasteiger partial charge in [0.2, 0.25) is 0 Å². The van der Waals surface area contributed by atoms with E-state index >= 15 is 0 Å². The number of nitrogens with zero attached hydrogens (tertiary/aromatic N) is 2. The molecule has 2 heterocycles. The fourth-order valence-electron chi connectivity index (χ4n) is 2.71. The number of ether oxygens (including phenoxy) is 1. The van der Waals surface area contributed by atoms with Crippen molar-refractivity contribution in [1.82, 2.24) is 15.2 Å². The predicted molar refractivity (Wildman–Crippen MR) is 82.1 cm³/mol. The van der Waals surface area contributed by atoms with Crippen molar-refractivity contribution in [3.05, 3.63) is 29.6 Å². The fourth-order valence-corrected chi connectivity index (χ4v) is 2.71. The van der Waals surface area contributed by atoms with Crippen LogP contribution in [0.25, 0.3) is 0 Å². The van der Waals surface area contributed by atoms with Crippen molar-refractivity contribution >= 4 is 5.97 Å². The molecule has 5 heteroatoms. The van der Waals surface area contributed by atoms with E-state index in [1.54, 1.807) is 6.07 Å². The van der Waals surface area contributed by atoms with Gasteiger partial charge in [-0.25, -0.2) is 9.78 Å². The summed E-state index contributed by atoms with van der Waals surface area (Å²) in [6, 6.07) is 5.53. The molecule has 0 unspecified atom stereocenters. The van der Waals surface area contributed by atoms with E-state index in [2.05, 4.69) is 22.1 Å². The molecule has 5 nitrogen and oxygen atoms in total. The van der Waals surface area contributed by atoms with Crippen LogP contribution >= 0.6 is 0 Å². The molecule has 1 aliphatic rings. The number of nitrogens with one attached hydrogen (secondary N) is 1. The molecular formula is C16H25N3O2. The van der Waals surface area contributed by atoms with Crippen LogP contribution < -0.4 is 5.32 Å².